The molecule has 0 radical (unpaired) electrons. The van der Waals surface area contributed by atoms with E-state index in [4.69, 9.17) is 0 Å². The molecule has 0 bridgehead atoms. The molecule has 0 unspecified atom stereocenters. The second kappa shape index (κ2) is 5.97. The van der Waals surface area contributed by atoms with Crippen LogP contribution in [0.1, 0.15) is 17.3 Å². The minimum Gasteiger partial charge on any atom is -0.362 e. The Morgan fingerprint density at radius 2 is 1.88 bits per heavy atom. The molecular weight excluding hydrogens is 316 g/mol. The van der Waals surface area contributed by atoms with Crippen molar-refractivity contribution < 1.29 is 0 Å². The van der Waals surface area contributed by atoms with Crippen LogP contribution in [0, 0.1) is 13.8 Å². The topological polar surface area (TPSA) is 97.2 Å². The molecule has 0 aliphatic heterocycles. The first-order chi connectivity index (χ1) is 12.1. The van der Waals surface area contributed by atoms with E-state index in [1.807, 2.05) is 51.2 Å². The number of hydrogen-bond acceptors (Lipinski definition) is 6. The summed E-state index contributed by atoms with van der Waals surface area (Å²) in [5.41, 5.74) is 2.69. The zero-order valence-electron chi connectivity index (χ0n) is 14.3. The Kier molecular flexibility index (Phi) is 3.64. The van der Waals surface area contributed by atoms with Crippen molar-refractivity contribution in [1.82, 2.24) is 34.9 Å². The molecule has 8 nitrogen and oxygen atoms in total. The molecule has 0 atom stereocenters. The molecule has 4 rings (SSSR count). The number of aromatic amines is 1. The van der Waals surface area contributed by atoms with Gasteiger partial charge in [-0.25, -0.2) is 15.0 Å². The van der Waals surface area contributed by atoms with Crippen molar-refractivity contribution in [2.24, 2.45) is 7.05 Å². The molecule has 2 N–H and O–H groups in total. The van der Waals surface area contributed by atoms with Gasteiger partial charge in [0.25, 0.3) is 0 Å². The Morgan fingerprint density at radius 3 is 2.68 bits per heavy atom. The largest absolute Gasteiger partial charge is 0.362 e. The maximum Gasteiger partial charge on any atom is 0.181 e. The van der Waals surface area contributed by atoms with E-state index in [-0.39, 0.29) is 0 Å². The molecule has 3 heterocycles. The van der Waals surface area contributed by atoms with Gasteiger partial charge in [-0.15, -0.1) is 0 Å². The highest BCUT2D eigenvalue weighted by Crippen LogP contribution is 2.23. The molecule has 4 aromatic rings. The number of anilines is 1. The quantitative estimate of drug-likeness (QED) is 0.595. The van der Waals surface area contributed by atoms with Crippen LogP contribution in [0.25, 0.3) is 22.4 Å². The average Bonchev–Trinajstić information content (AvgIpc) is 3.19. The highest BCUT2D eigenvalue weighted by molar-refractivity contribution is 5.89. The lowest BCUT2D eigenvalue weighted by Gasteiger charge is -2.06. The maximum atomic E-state index is 4.53. The monoisotopic (exact) mass is 334 g/mol. The van der Waals surface area contributed by atoms with E-state index in [9.17, 15) is 0 Å². The zero-order valence-corrected chi connectivity index (χ0v) is 14.3. The van der Waals surface area contributed by atoms with Crippen LogP contribution in [0.3, 0.4) is 0 Å². The van der Waals surface area contributed by atoms with Gasteiger partial charge in [-0.1, -0.05) is 30.3 Å². The first-order valence-corrected chi connectivity index (χ1v) is 8.00. The van der Waals surface area contributed by atoms with E-state index < -0.39 is 0 Å². The predicted molar refractivity (Wildman–Crippen MR) is 94.9 cm³/mol. The fraction of sp³-hybridized carbons (Fsp3) is 0.235. The molecule has 8 heteroatoms. The van der Waals surface area contributed by atoms with Gasteiger partial charge >= 0.3 is 0 Å². The lowest BCUT2D eigenvalue weighted by Crippen LogP contribution is -2.06. The molecule has 25 heavy (non-hydrogen) atoms. The molecule has 0 spiro atoms. The molecular formula is C17H18N8. The number of aryl methyl sites for hydroxylation is 3. The van der Waals surface area contributed by atoms with Crippen molar-refractivity contribution in [1.29, 1.82) is 0 Å². The SMILES string of the molecule is Cc1nc(NCc2nc(-c3ccccc3)n[nH]2)c2c(C)nn(C)c2n1. The van der Waals surface area contributed by atoms with Crippen LogP contribution in [-0.2, 0) is 13.6 Å². The van der Waals surface area contributed by atoms with Crippen molar-refractivity contribution >= 4 is 16.9 Å². The van der Waals surface area contributed by atoms with Gasteiger partial charge in [0.1, 0.15) is 17.5 Å². The lowest BCUT2D eigenvalue weighted by atomic mass is 10.2. The smallest absolute Gasteiger partial charge is 0.181 e. The van der Waals surface area contributed by atoms with Crippen LogP contribution in [0.4, 0.5) is 5.82 Å². The van der Waals surface area contributed by atoms with Crippen LogP contribution >= 0.6 is 0 Å². The van der Waals surface area contributed by atoms with Gasteiger partial charge in [0.05, 0.1) is 17.6 Å². The predicted octanol–water partition coefficient (Wildman–Crippen LogP) is 2.38. The average molecular weight is 334 g/mol. The van der Waals surface area contributed by atoms with E-state index in [0.717, 1.165) is 33.9 Å². The lowest BCUT2D eigenvalue weighted by molar-refractivity contribution is 0.771. The first kappa shape index (κ1) is 15.3. The number of aromatic nitrogens is 7. The Balaban J connectivity index is 1.60. The zero-order chi connectivity index (χ0) is 17.4. The number of benzene rings is 1. The van der Waals surface area contributed by atoms with Crippen LogP contribution < -0.4 is 5.32 Å². The first-order valence-electron chi connectivity index (χ1n) is 8.00. The second-order valence-electron chi connectivity index (χ2n) is 5.85. The number of H-pyrrole nitrogens is 1. The Bertz CT molecular complexity index is 1030. The molecule has 0 saturated carbocycles. The van der Waals surface area contributed by atoms with Gasteiger partial charge in [-0.2, -0.15) is 10.2 Å². The minimum atomic E-state index is 0.486. The number of nitrogens with zero attached hydrogens (tertiary/aromatic N) is 6. The summed E-state index contributed by atoms with van der Waals surface area (Å²) in [6.07, 6.45) is 0. The second-order valence-corrected chi connectivity index (χ2v) is 5.85. The van der Waals surface area contributed by atoms with Gasteiger partial charge in [0.15, 0.2) is 11.5 Å². The normalized spacial score (nSPS) is 11.2. The number of fused-ring (bicyclic) bond motifs is 1. The summed E-state index contributed by atoms with van der Waals surface area (Å²) < 4.78 is 1.77. The molecule has 0 aliphatic rings. The summed E-state index contributed by atoms with van der Waals surface area (Å²) in [5.74, 6) is 2.87. The van der Waals surface area contributed by atoms with Crippen molar-refractivity contribution in [2.45, 2.75) is 20.4 Å². The van der Waals surface area contributed by atoms with Crippen molar-refractivity contribution in [3.63, 3.8) is 0 Å². The molecule has 0 aliphatic carbocycles. The minimum absolute atomic E-state index is 0.486. The van der Waals surface area contributed by atoms with Crippen LogP contribution in [0.2, 0.25) is 0 Å². The fourth-order valence-electron chi connectivity index (χ4n) is 2.83. The maximum absolute atomic E-state index is 4.53. The van der Waals surface area contributed by atoms with Crippen LogP contribution in [0.15, 0.2) is 30.3 Å². The molecule has 0 fully saturated rings. The van der Waals surface area contributed by atoms with Crippen LogP contribution in [0.5, 0.6) is 0 Å². The highest BCUT2D eigenvalue weighted by Gasteiger charge is 2.14. The Hall–Kier alpha value is -3.29. The Labute approximate surface area is 144 Å². The summed E-state index contributed by atoms with van der Waals surface area (Å²) >= 11 is 0. The standard InChI is InChI=1S/C17H18N8/c1-10-14-16(19-11(2)20-17(14)25(3)24-10)18-9-13-21-15(23-22-13)12-7-5-4-6-8-12/h4-8H,9H2,1-3H3,(H,18,19,20)(H,21,22,23). The molecule has 0 saturated heterocycles. The molecule has 126 valence electrons. The summed E-state index contributed by atoms with van der Waals surface area (Å²) in [6.45, 7) is 4.31. The van der Waals surface area contributed by atoms with Gasteiger partial charge in [0.2, 0.25) is 0 Å². The van der Waals surface area contributed by atoms with Crippen LogP contribution in [-0.4, -0.2) is 34.9 Å². The van der Waals surface area contributed by atoms with E-state index in [1.54, 1.807) is 4.68 Å². The number of nitrogens with one attached hydrogen (secondary N) is 2. The van der Waals surface area contributed by atoms with Crippen molar-refractivity contribution in [3.8, 4) is 11.4 Å². The summed E-state index contributed by atoms with van der Waals surface area (Å²) in [5, 5.41) is 15.9. The van der Waals surface area contributed by atoms with Gasteiger partial charge < -0.3 is 5.32 Å². The van der Waals surface area contributed by atoms with Crippen molar-refractivity contribution in [3.05, 3.63) is 47.7 Å². The highest BCUT2D eigenvalue weighted by atomic mass is 15.3. The summed E-state index contributed by atoms with van der Waals surface area (Å²) in [4.78, 5) is 13.5. The van der Waals surface area contributed by atoms with E-state index in [2.05, 4.69) is 35.6 Å². The molecule has 1 aromatic carbocycles. The third kappa shape index (κ3) is 2.82. The molecule has 3 aromatic heterocycles. The van der Waals surface area contributed by atoms with E-state index in [1.165, 1.54) is 0 Å². The van der Waals surface area contributed by atoms with Gasteiger partial charge in [-0.05, 0) is 13.8 Å². The number of hydrogen-bond donors (Lipinski definition) is 2. The molecule has 0 amide bonds. The van der Waals surface area contributed by atoms with E-state index >= 15 is 0 Å². The van der Waals surface area contributed by atoms with Gasteiger partial charge in [-0.3, -0.25) is 9.78 Å². The van der Waals surface area contributed by atoms with E-state index in [0.29, 0.717) is 18.2 Å². The third-order valence-electron chi connectivity index (χ3n) is 3.96. The van der Waals surface area contributed by atoms with Gasteiger partial charge in [0, 0.05) is 12.6 Å². The van der Waals surface area contributed by atoms with Crippen molar-refractivity contribution in [2.75, 3.05) is 5.32 Å². The summed E-state index contributed by atoms with van der Waals surface area (Å²) in [6, 6.07) is 9.87. The fourth-order valence-corrected chi connectivity index (χ4v) is 2.83. The Morgan fingerprint density at radius 1 is 1.08 bits per heavy atom. The number of rotatable bonds is 4. The third-order valence-corrected chi connectivity index (χ3v) is 3.96. The summed E-state index contributed by atoms with van der Waals surface area (Å²) in [7, 11) is 1.88.